The highest BCUT2D eigenvalue weighted by Crippen LogP contribution is 2.25. The third-order valence-corrected chi connectivity index (χ3v) is 3.99. The van der Waals surface area contributed by atoms with Gasteiger partial charge < -0.3 is 11.1 Å². The van der Waals surface area contributed by atoms with Crippen LogP contribution in [0.15, 0.2) is 11.4 Å². The van der Waals surface area contributed by atoms with Gasteiger partial charge in [-0.1, -0.05) is 13.3 Å². The fourth-order valence-corrected chi connectivity index (χ4v) is 2.96. The highest BCUT2D eigenvalue weighted by atomic mass is 32.1. The van der Waals surface area contributed by atoms with Gasteiger partial charge in [-0.2, -0.15) is 0 Å². The molecule has 0 saturated heterocycles. The number of nitrogens with two attached hydrogens (primary N) is 1. The van der Waals surface area contributed by atoms with E-state index < -0.39 is 0 Å². The van der Waals surface area contributed by atoms with Crippen molar-refractivity contribution in [2.24, 2.45) is 5.73 Å². The van der Waals surface area contributed by atoms with Crippen LogP contribution in [0.3, 0.4) is 0 Å². The second-order valence-corrected chi connectivity index (χ2v) is 5.80. The van der Waals surface area contributed by atoms with E-state index in [1.807, 2.05) is 23.4 Å². The Labute approximate surface area is 128 Å². The maximum atomic E-state index is 11.2. The Kier molecular flexibility index (Phi) is 5.46. The summed E-state index contributed by atoms with van der Waals surface area (Å²) in [4.78, 5) is 23.3. The molecule has 0 saturated carbocycles. The molecule has 114 valence electrons. The first-order valence-corrected chi connectivity index (χ1v) is 7.94. The number of rotatable bonds is 8. The summed E-state index contributed by atoms with van der Waals surface area (Å²) in [5, 5.41) is 6.13. The minimum Gasteiger partial charge on any atom is -0.372 e. The van der Waals surface area contributed by atoms with E-state index in [-0.39, 0.29) is 12.5 Å². The van der Waals surface area contributed by atoms with E-state index in [1.165, 1.54) is 0 Å². The summed E-state index contributed by atoms with van der Waals surface area (Å²) in [5.74, 6) is 1.22. The Hall–Kier alpha value is -1.73. The number of aromatic nitrogens is 2. The summed E-state index contributed by atoms with van der Waals surface area (Å²) < 4.78 is 0. The zero-order chi connectivity index (χ0) is 15.2. The van der Waals surface area contributed by atoms with E-state index in [0.717, 1.165) is 35.4 Å². The smallest absolute Gasteiger partial charge is 0.231 e. The van der Waals surface area contributed by atoms with E-state index in [0.29, 0.717) is 12.4 Å². The van der Waals surface area contributed by atoms with E-state index in [2.05, 4.69) is 22.2 Å². The van der Waals surface area contributed by atoms with Crippen LogP contribution in [-0.2, 0) is 11.3 Å². The molecule has 0 unspecified atom stereocenters. The molecule has 2 heterocycles. The highest BCUT2D eigenvalue weighted by Gasteiger charge is 2.13. The Morgan fingerprint density at radius 3 is 2.95 bits per heavy atom. The normalized spacial score (nSPS) is 11.2. The molecule has 0 aliphatic rings. The highest BCUT2D eigenvalue weighted by molar-refractivity contribution is 7.16. The fourth-order valence-electron chi connectivity index (χ4n) is 2.18. The second kappa shape index (κ2) is 7.33. The number of carbonyl (C=O) groups is 1. The molecule has 21 heavy (non-hydrogen) atoms. The van der Waals surface area contributed by atoms with Crippen molar-refractivity contribution in [2.75, 3.05) is 25.5 Å². The number of fused-ring (bicyclic) bond motifs is 1. The molecule has 0 aromatic carbocycles. The van der Waals surface area contributed by atoms with Gasteiger partial charge in [-0.3, -0.25) is 9.69 Å². The summed E-state index contributed by atoms with van der Waals surface area (Å²) in [5.41, 5.74) is 5.32. The average molecular weight is 307 g/mol. The van der Waals surface area contributed by atoms with Gasteiger partial charge in [0.15, 0.2) is 0 Å². The lowest BCUT2D eigenvalue weighted by Gasteiger charge is -2.19. The number of nitrogens with one attached hydrogen (secondary N) is 1. The van der Waals surface area contributed by atoms with E-state index in [9.17, 15) is 4.79 Å². The van der Waals surface area contributed by atoms with Crippen LogP contribution < -0.4 is 11.1 Å². The minimum absolute atomic E-state index is 0.237. The molecule has 2 rings (SSSR count). The van der Waals surface area contributed by atoms with Crippen molar-refractivity contribution < 1.29 is 4.79 Å². The summed E-state index contributed by atoms with van der Waals surface area (Å²) in [6, 6.07) is 2.01. The molecule has 0 aliphatic heterocycles. The number of hydrogen-bond acceptors (Lipinski definition) is 6. The molecule has 0 bridgehead atoms. The first-order valence-electron chi connectivity index (χ1n) is 7.06. The fraction of sp³-hybridized carbons (Fsp3) is 0.500. The topological polar surface area (TPSA) is 84.1 Å². The number of carbonyl (C=O) groups excluding carboxylic acids is 1. The van der Waals surface area contributed by atoms with Crippen molar-refractivity contribution in [3.8, 4) is 0 Å². The van der Waals surface area contributed by atoms with Gasteiger partial charge in [0.05, 0.1) is 18.5 Å². The molecule has 7 heteroatoms. The zero-order valence-electron chi connectivity index (χ0n) is 12.4. The van der Waals surface area contributed by atoms with E-state index in [4.69, 9.17) is 5.73 Å². The number of hydrogen-bond donors (Lipinski definition) is 2. The molecule has 1 amide bonds. The van der Waals surface area contributed by atoms with Crippen molar-refractivity contribution in [3.05, 3.63) is 17.3 Å². The largest absolute Gasteiger partial charge is 0.372 e. The predicted octanol–water partition coefficient (Wildman–Crippen LogP) is 1.82. The number of thiophene rings is 1. The molecular weight excluding hydrogens is 286 g/mol. The molecule has 0 atom stereocenters. The molecule has 6 nitrogen and oxygen atoms in total. The lowest BCUT2D eigenvalue weighted by Crippen LogP contribution is -2.34. The molecule has 3 N–H and O–H groups in total. The van der Waals surface area contributed by atoms with Crippen LogP contribution in [0.1, 0.15) is 25.6 Å². The van der Waals surface area contributed by atoms with Crippen LogP contribution >= 0.6 is 11.3 Å². The average Bonchev–Trinajstić information content (AvgIpc) is 2.91. The number of anilines is 1. The minimum atomic E-state index is -0.322. The Balaban J connectivity index is 2.20. The van der Waals surface area contributed by atoms with Crippen LogP contribution in [0.2, 0.25) is 0 Å². The van der Waals surface area contributed by atoms with Gasteiger partial charge in [0.25, 0.3) is 0 Å². The van der Waals surface area contributed by atoms with Crippen LogP contribution in [-0.4, -0.2) is 40.9 Å². The molecular formula is C14H21N5OS. The monoisotopic (exact) mass is 307 g/mol. The zero-order valence-corrected chi connectivity index (χ0v) is 13.2. The third kappa shape index (κ3) is 4.12. The second-order valence-electron chi connectivity index (χ2n) is 4.91. The Bertz CT molecular complexity index is 612. The first kappa shape index (κ1) is 15.7. The van der Waals surface area contributed by atoms with E-state index >= 15 is 0 Å². The van der Waals surface area contributed by atoms with Gasteiger partial charge in [-0.25, -0.2) is 9.97 Å². The number of nitrogens with zero attached hydrogens (tertiary/aromatic N) is 3. The molecule has 2 aromatic heterocycles. The standard InChI is InChI=1S/C14H21N5OS/c1-3-4-6-19(8-11(15)20)9-12-17-13(16-2)10-5-7-21-14(10)18-12/h5,7H,3-4,6,8-9H2,1-2H3,(H2,15,20)(H,16,17,18). The molecule has 0 aliphatic carbocycles. The maximum absolute atomic E-state index is 11.2. The Morgan fingerprint density at radius 2 is 2.29 bits per heavy atom. The quantitative estimate of drug-likeness (QED) is 0.777. The first-order chi connectivity index (χ1) is 10.1. The van der Waals surface area contributed by atoms with Crippen molar-refractivity contribution in [1.82, 2.24) is 14.9 Å². The number of unbranched alkanes of at least 4 members (excludes halogenated alkanes) is 1. The lowest BCUT2D eigenvalue weighted by atomic mass is 10.3. The molecule has 2 aromatic rings. The van der Waals surface area contributed by atoms with Crippen LogP contribution in [0, 0.1) is 0 Å². The SMILES string of the molecule is CCCCN(CC(N)=O)Cc1nc(NC)c2ccsc2n1. The van der Waals surface area contributed by atoms with Gasteiger partial charge >= 0.3 is 0 Å². The number of amides is 1. The van der Waals surface area contributed by atoms with Gasteiger partial charge in [-0.05, 0) is 24.4 Å². The van der Waals surface area contributed by atoms with Crippen LogP contribution in [0.5, 0.6) is 0 Å². The third-order valence-electron chi connectivity index (χ3n) is 3.18. The molecule has 0 radical (unpaired) electrons. The lowest BCUT2D eigenvalue weighted by molar-refractivity contribution is -0.119. The summed E-state index contributed by atoms with van der Waals surface area (Å²) in [7, 11) is 1.85. The summed E-state index contributed by atoms with van der Waals surface area (Å²) >= 11 is 1.59. The summed E-state index contributed by atoms with van der Waals surface area (Å²) in [6.07, 6.45) is 2.09. The van der Waals surface area contributed by atoms with E-state index in [1.54, 1.807) is 11.3 Å². The van der Waals surface area contributed by atoms with Crippen LogP contribution in [0.4, 0.5) is 5.82 Å². The van der Waals surface area contributed by atoms with Gasteiger partial charge in [0.2, 0.25) is 5.91 Å². The van der Waals surface area contributed by atoms with Gasteiger partial charge in [-0.15, -0.1) is 11.3 Å². The van der Waals surface area contributed by atoms with Crippen molar-refractivity contribution in [3.63, 3.8) is 0 Å². The molecule has 0 spiro atoms. The van der Waals surface area contributed by atoms with Crippen LogP contribution in [0.25, 0.3) is 10.2 Å². The Morgan fingerprint density at radius 1 is 1.48 bits per heavy atom. The summed E-state index contributed by atoms with van der Waals surface area (Å²) in [6.45, 7) is 3.71. The predicted molar refractivity (Wildman–Crippen MR) is 86.3 cm³/mol. The van der Waals surface area contributed by atoms with Crippen molar-refractivity contribution in [1.29, 1.82) is 0 Å². The van der Waals surface area contributed by atoms with Gasteiger partial charge in [0.1, 0.15) is 16.5 Å². The maximum Gasteiger partial charge on any atom is 0.231 e. The van der Waals surface area contributed by atoms with Crippen molar-refractivity contribution in [2.45, 2.75) is 26.3 Å². The van der Waals surface area contributed by atoms with Gasteiger partial charge in [0, 0.05) is 7.05 Å². The van der Waals surface area contributed by atoms with Crippen molar-refractivity contribution >= 4 is 33.3 Å². The molecule has 0 fully saturated rings. The number of primary amides is 1.